The van der Waals surface area contributed by atoms with Crippen LogP contribution in [0, 0.1) is 24.5 Å². The summed E-state index contributed by atoms with van der Waals surface area (Å²) in [4.78, 5) is 28.1. The lowest BCUT2D eigenvalue weighted by atomic mass is 9.96. The van der Waals surface area contributed by atoms with E-state index in [4.69, 9.17) is 14.8 Å². The average molecular weight is 462 g/mol. The number of rotatable bonds is 9. The van der Waals surface area contributed by atoms with Gasteiger partial charge >= 0.3 is 5.97 Å². The first kappa shape index (κ1) is 23.9. The number of benzene rings is 2. The molecule has 0 radical (unpaired) electrons. The number of nitrogens with zero attached hydrogens (tertiary/aromatic N) is 1. The molecule has 0 aromatic heterocycles. The number of hydrogen-bond acceptors (Lipinski definition) is 5. The number of Topliss-reactive ketones (excluding diaryl/α,β-unsaturated/α-hetero) is 1. The van der Waals surface area contributed by atoms with E-state index < -0.39 is 24.2 Å². The Kier molecular flexibility index (Phi) is 7.66. The first-order chi connectivity index (χ1) is 15.1. The van der Waals surface area contributed by atoms with Crippen LogP contribution in [0.4, 0.5) is 8.78 Å². The van der Waals surface area contributed by atoms with Crippen LogP contribution in [-0.4, -0.2) is 39.8 Å². The summed E-state index contributed by atoms with van der Waals surface area (Å²) in [5.41, 5.74) is 1.63. The zero-order chi connectivity index (χ0) is 23.4. The Morgan fingerprint density at radius 1 is 1.16 bits per heavy atom. The molecule has 3 rings (SSSR count). The molecular formula is C24H25F2NO4S. The van der Waals surface area contributed by atoms with E-state index in [9.17, 15) is 18.4 Å². The average Bonchev–Trinajstić information content (AvgIpc) is 3.15. The largest absolute Gasteiger partial charge is 0.482 e. The van der Waals surface area contributed by atoms with Crippen LogP contribution in [0.2, 0.25) is 0 Å². The van der Waals surface area contributed by atoms with E-state index in [-0.39, 0.29) is 23.0 Å². The van der Waals surface area contributed by atoms with Crippen LogP contribution in [0.1, 0.15) is 48.2 Å². The number of aliphatic carboxylic acids is 1. The molecule has 170 valence electrons. The number of carbonyl (C=O) groups excluding carboxylic acids is 1. The molecule has 2 unspecified atom stereocenters. The highest BCUT2D eigenvalue weighted by atomic mass is 32.2. The van der Waals surface area contributed by atoms with Gasteiger partial charge in [-0.25, -0.2) is 13.6 Å². The van der Waals surface area contributed by atoms with E-state index in [0.717, 1.165) is 6.07 Å². The molecule has 1 heterocycles. The lowest BCUT2D eigenvalue weighted by Crippen LogP contribution is -2.24. The van der Waals surface area contributed by atoms with Gasteiger partial charge in [0.05, 0.1) is 11.1 Å². The van der Waals surface area contributed by atoms with Gasteiger partial charge < -0.3 is 9.84 Å². The number of hydrogen-bond donors (Lipinski definition) is 1. The van der Waals surface area contributed by atoms with Gasteiger partial charge in [-0.15, -0.1) is 11.8 Å². The van der Waals surface area contributed by atoms with E-state index in [0.29, 0.717) is 40.3 Å². The number of aliphatic imine (C=N–C) groups is 1. The Hall–Kier alpha value is -2.74. The van der Waals surface area contributed by atoms with Gasteiger partial charge in [0.25, 0.3) is 0 Å². The Morgan fingerprint density at radius 3 is 2.44 bits per heavy atom. The fourth-order valence-electron chi connectivity index (χ4n) is 3.63. The summed E-state index contributed by atoms with van der Waals surface area (Å²) in [6, 6.07) is 8.26. The minimum atomic E-state index is -1.07. The molecule has 8 heteroatoms. The number of ketones is 1. The van der Waals surface area contributed by atoms with Crippen LogP contribution < -0.4 is 4.74 Å². The molecule has 2 aromatic rings. The molecule has 0 spiro atoms. The fourth-order valence-corrected chi connectivity index (χ4v) is 5.11. The van der Waals surface area contributed by atoms with Gasteiger partial charge in [-0.3, -0.25) is 9.79 Å². The molecule has 0 saturated carbocycles. The molecule has 5 nitrogen and oxygen atoms in total. The predicted octanol–water partition coefficient (Wildman–Crippen LogP) is 5.29. The second kappa shape index (κ2) is 10.3. The Balaban J connectivity index is 1.66. The third kappa shape index (κ3) is 5.94. The van der Waals surface area contributed by atoms with Crippen LogP contribution in [0.3, 0.4) is 0 Å². The lowest BCUT2D eigenvalue weighted by Gasteiger charge is -2.20. The van der Waals surface area contributed by atoms with Crippen molar-refractivity contribution in [3.8, 4) is 5.75 Å². The van der Waals surface area contributed by atoms with Crippen molar-refractivity contribution in [2.75, 3.05) is 6.61 Å². The van der Waals surface area contributed by atoms with Crippen molar-refractivity contribution < 1.29 is 28.2 Å². The highest BCUT2D eigenvalue weighted by molar-refractivity contribution is 8.15. The van der Waals surface area contributed by atoms with Gasteiger partial charge in [-0.2, -0.15) is 0 Å². The summed E-state index contributed by atoms with van der Waals surface area (Å²) in [5, 5.41) is 9.35. The summed E-state index contributed by atoms with van der Waals surface area (Å²) in [5.74, 6) is -1.75. The van der Waals surface area contributed by atoms with E-state index in [2.05, 4.69) is 0 Å². The molecule has 0 saturated heterocycles. The maximum absolute atomic E-state index is 13.6. The minimum absolute atomic E-state index is 0.0274. The van der Waals surface area contributed by atoms with Crippen LogP contribution in [0.25, 0.3) is 0 Å². The number of ether oxygens (including phenoxy) is 1. The van der Waals surface area contributed by atoms with E-state index >= 15 is 0 Å². The third-order valence-corrected chi connectivity index (χ3v) is 6.59. The number of carbonyl (C=O) groups is 2. The second-order valence-electron chi connectivity index (χ2n) is 8.11. The number of carboxylic acids is 1. The molecule has 2 atom stereocenters. The van der Waals surface area contributed by atoms with Crippen molar-refractivity contribution in [1.29, 1.82) is 0 Å². The summed E-state index contributed by atoms with van der Waals surface area (Å²) >= 11 is 1.46. The summed E-state index contributed by atoms with van der Waals surface area (Å²) in [6.45, 7) is 5.39. The van der Waals surface area contributed by atoms with Gasteiger partial charge in [0.15, 0.2) is 12.4 Å². The highest BCUT2D eigenvalue weighted by Gasteiger charge is 2.33. The molecule has 0 aliphatic carbocycles. The standard InChI is InChI=1S/C24H25F2NO4S/c1-13(2)23-21(32-24(27-23)16-9-17(25)11-18(26)10-16)7-5-19(28)15-4-6-20(14(3)8-15)31-12-22(29)30/h4,6,8-11,13,21,23H,5,7,12H2,1-3H3,(H,29,30). The Bertz CT molecular complexity index is 1030. The molecular weight excluding hydrogens is 436 g/mol. The van der Waals surface area contributed by atoms with E-state index in [1.54, 1.807) is 25.1 Å². The van der Waals surface area contributed by atoms with E-state index in [1.165, 1.54) is 23.9 Å². The number of aryl methyl sites for hydroxylation is 1. The monoisotopic (exact) mass is 461 g/mol. The number of thioether (sulfide) groups is 1. The second-order valence-corrected chi connectivity index (χ2v) is 9.34. The van der Waals surface area contributed by atoms with Gasteiger partial charge in [0.2, 0.25) is 0 Å². The molecule has 0 amide bonds. The lowest BCUT2D eigenvalue weighted by molar-refractivity contribution is -0.139. The molecule has 0 fully saturated rings. The molecule has 2 aromatic carbocycles. The molecule has 0 bridgehead atoms. The number of halogens is 2. The molecule has 32 heavy (non-hydrogen) atoms. The highest BCUT2D eigenvalue weighted by Crippen LogP contribution is 2.37. The number of carboxylic acid groups (broad SMARTS) is 1. The van der Waals surface area contributed by atoms with Crippen LogP contribution in [0.15, 0.2) is 41.4 Å². The van der Waals surface area contributed by atoms with Gasteiger partial charge in [0, 0.05) is 28.9 Å². The van der Waals surface area contributed by atoms with Crippen molar-refractivity contribution in [3.63, 3.8) is 0 Å². The fraction of sp³-hybridized carbons (Fsp3) is 0.375. The summed E-state index contributed by atoms with van der Waals surface area (Å²) < 4.78 is 32.5. The first-order valence-corrected chi connectivity index (χ1v) is 11.2. The smallest absolute Gasteiger partial charge is 0.341 e. The SMILES string of the molecule is Cc1cc(C(=O)CCC2SC(c3cc(F)cc(F)c3)=NC2C(C)C)ccc1OCC(=O)O. The summed E-state index contributed by atoms with van der Waals surface area (Å²) in [6.07, 6.45) is 0.878. The van der Waals surface area contributed by atoms with Gasteiger partial charge in [-0.05, 0) is 55.2 Å². The maximum Gasteiger partial charge on any atom is 0.341 e. The Labute approximate surface area is 189 Å². The maximum atomic E-state index is 13.6. The van der Waals surface area contributed by atoms with Crippen molar-refractivity contribution >= 4 is 28.6 Å². The quantitative estimate of drug-likeness (QED) is 0.514. The van der Waals surface area contributed by atoms with Crippen molar-refractivity contribution in [3.05, 3.63) is 64.7 Å². The van der Waals surface area contributed by atoms with E-state index in [1.807, 2.05) is 13.8 Å². The topological polar surface area (TPSA) is 76.0 Å². The zero-order valence-corrected chi connectivity index (χ0v) is 18.9. The predicted molar refractivity (Wildman–Crippen MR) is 121 cm³/mol. The van der Waals surface area contributed by atoms with Crippen molar-refractivity contribution in [2.45, 2.75) is 44.9 Å². The summed E-state index contributed by atoms with van der Waals surface area (Å²) in [7, 11) is 0. The van der Waals surface area contributed by atoms with Crippen LogP contribution in [-0.2, 0) is 4.79 Å². The van der Waals surface area contributed by atoms with Gasteiger partial charge in [0.1, 0.15) is 17.4 Å². The normalized spacial score (nSPS) is 18.0. The molecule has 1 aliphatic rings. The zero-order valence-electron chi connectivity index (χ0n) is 18.1. The third-order valence-electron chi connectivity index (χ3n) is 5.21. The van der Waals surface area contributed by atoms with Crippen molar-refractivity contribution in [1.82, 2.24) is 0 Å². The molecule has 1 N–H and O–H groups in total. The van der Waals surface area contributed by atoms with Crippen LogP contribution >= 0.6 is 11.8 Å². The Morgan fingerprint density at radius 2 is 1.84 bits per heavy atom. The molecule has 1 aliphatic heterocycles. The first-order valence-electron chi connectivity index (χ1n) is 10.3. The minimum Gasteiger partial charge on any atom is -0.482 e. The van der Waals surface area contributed by atoms with Crippen LogP contribution in [0.5, 0.6) is 5.75 Å². The van der Waals surface area contributed by atoms with Crippen molar-refractivity contribution in [2.24, 2.45) is 10.9 Å². The van der Waals surface area contributed by atoms with Gasteiger partial charge in [-0.1, -0.05) is 13.8 Å².